The molecule has 0 bridgehead atoms. The minimum atomic E-state index is -0.991. The normalized spacial score (nSPS) is 18.6. The van der Waals surface area contributed by atoms with Crippen LogP contribution >= 0.6 is 0 Å². The SMILES string of the molecule is Cc1c(NC(=O)/C(N)=C/N(N)C(C)(C)C)cc(F)cc1-c1ccnc(Nc2ccc3c(c2)CN(CC2CCN(c4ccc5c(c4)C(=O)N(C4CCC(=O)NC4=O)C5=O)CC2)CC3)n1. The van der Waals surface area contributed by atoms with Crippen LogP contribution in [0, 0.1) is 18.7 Å². The fraction of sp³-hybridized carbons (Fsp3) is 0.370. The fourth-order valence-corrected chi connectivity index (χ4v) is 8.61. The van der Waals surface area contributed by atoms with Gasteiger partial charge in [0.15, 0.2) is 0 Å². The molecule has 328 valence electrons. The highest BCUT2D eigenvalue weighted by Gasteiger charge is 2.45. The Balaban J connectivity index is 0.873. The van der Waals surface area contributed by atoms with Gasteiger partial charge in [-0.15, -0.1) is 0 Å². The highest BCUT2D eigenvalue weighted by molar-refractivity contribution is 6.23. The van der Waals surface area contributed by atoms with Gasteiger partial charge in [0.25, 0.3) is 17.7 Å². The summed E-state index contributed by atoms with van der Waals surface area (Å²) in [7, 11) is 0. The van der Waals surface area contributed by atoms with E-state index in [0.717, 1.165) is 68.3 Å². The zero-order valence-electron chi connectivity index (χ0n) is 35.8. The maximum Gasteiger partial charge on any atom is 0.273 e. The lowest BCUT2D eigenvalue weighted by molar-refractivity contribution is -0.136. The van der Waals surface area contributed by atoms with Gasteiger partial charge >= 0.3 is 0 Å². The van der Waals surface area contributed by atoms with Crippen LogP contribution in [0.1, 0.15) is 83.9 Å². The zero-order valence-corrected chi connectivity index (χ0v) is 35.8. The number of hydrazine groups is 1. The number of amides is 5. The molecule has 1 unspecified atom stereocenters. The van der Waals surface area contributed by atoms with Crippen molar-refractivity contribution in [3.05, 3.63) is 106 Å². The van der Waals surface area contributed by atoms with Crippen LogP contribution in [0.5, 0.6) is 0 Å². The Morgan fingerprint density at radius 2 is 1.70 bits per heavy atom. The predicted octanol–water partition coefficient (Wildman–Crippen LogP) is 4.72. The van der Waals surface area contributed by atoms with Crippen molar-refractivity contribution in [2.75, 3.05) is 41.7 Å². The van der Waals surface area contributed by atoms with E-state index in [-0.39, 0.29) is 29.8 Å². The highest BCUT2D eigenvalue weighted by atomic mass is 19.1. The lowest BCUT2D eigenvalue weighted by atomic mass is 9.93. The summed E-state index contributed by atoms with van der Waals surface area (Å²) in [6, 6.07) is 14.9. The summed E-state index contributed by atoms with van der Waals surface area (Å²) in [5, 5.41) is 9.61. The lowest BCUT2D eigenvalue weighted by Crippen LogP contribution is -2.54. The molecule has 0 spiro atoms. The number of fused-ring (bicyclic) bond motifs is 2. The molecule has 63 heavy (non-hydrogen) atoms. The number of benzene rings is 3. The Morgan fingerprint density at radius 1 is 0.937 bits per heavy atom. The molecular formula is C46H52FN11O5. The second-order valence-corrected chi connectivity index (χ2v) is 17.7. The third-order valence-corrected chi connectivity index (χ3v) is 12.3. The number of carbonyl (C=O) groups is 5. The maximum absolute atomic E-state index is 15.0. The lowest BCUT2D eigenvalue weighted by Gasteiger charge is -2.37. The molecule has 0 saturated carbocycles. The van der Waals surface area contributed by atoms with Gasteiger partial charge in [-0.1, -0.05) is 6.07 Å². The summed E-state index contributed by atoms with van der Waals surface area (Å²) >= 11 is 0. The molecule has 4 aromatic rings. The molecule has 0 radical (unpaired) electrons. The van der Waals surface area contributed by atoms with Crippen molar-refractivity contribution in [3.8, 4) is 11.3 Å². The number of carbonyl (C=O) groups excluding carboxylic acids is 5. The van der Waals surface area contributed by atoms with Crippen LogP contribution in [0.4, 0.5) is 27.4 Å². The summed E-state index contributed by atoms with van der Waals surface area (Å²) in [5.74, 6) is 3.64. The molecule has 3 aromatic carbocycles. The average Bonchev–Trinajstić information content (AvgIpc) is 3.49. The van der Waals surface area contributed by atoms with Gasteiger partial charge in [-0.25, -0.2) is 20.2 Å². The van der Waals surface area contributed by atoms with Crippen LogP contribution < -0.4 is 32.4 Å². The summed E-state index contributed by atoms with van der Waals surface area (Å²) < 4.78 is 15.0. The Kier molecular flexibility index (Phi) is 11.7. The van der Waals surface area contributed by atoms with Crippen LogP contribution in [0.2, 0.25) is 0 Å². The molecule has 5 heterocycles. The average molecular weight is 858 g/mol. The third kappa shape index (κ3) is 9.11. The maximum atomic E-state index is 15.0. The Bertz CT molecular complexity index is 2550. The van der Waals surface area contributed by atoms with E-state index in [1.54, 1.807) is 31.3 Å². The van der Waals surface area contributed by atoms with Gasteiger partial charge in [0, 0.05) is 79.7 Å². The number of nitrogens with zero attached hydrogens (tertiary/aromatic N) is 6. The number of piperidine rings is 2. The fourth-order valence-electron chi connectivity index (χ4n) is 8.61. The molecule has 5 amide bonds. The van der Waals surface area contributed by atoms with E-state index in [1.807, 2.05) is 32.9 Å². The van der Waals surface area contributed by atoms with Crippen molar-refractivity contribution in [1.82, 2.24) is 30.1 Å². The van der Waals surface area contributed by atoms with E-state index in [2.05, 4.69) is 42.9 Å². The molecule has 0 aliphatic carbocycles. The predicted molar refractivity (Wildman–Crippen MR) is 236 cm³/mol. The Labute approximate surface area is 364 Å². The van der Waals surface area contributed by atoms with Crippen LogP contribution in [-0.4, -0.2) is 92.1 Å². The van der Waals surface area contributed by atoms with E-state index in [9.17, 15) is 28.4 Å². The van der Waals surface area contributed by atoms with Crippen molar-refractivity contribution >= 4 is 52.5 Å². The number of nitrogens with one attached hydrogen (secondary N) is 3. The van der Waals surface area contributed by atoms with Crippen LogP contribution in [-0.2, 0) is 27.3 Å². The van der Waals surface area contributed by atoms with Gasteiger partial charge in [-0.05, 0) is 125 Å². The van der Waals surface area contributed by atoms with Crippen molar-refractivity contribution in [3.63, 3.8) is 0 Å². The molecule has 1 atom stereocenters. The number of aromatic nitrogens is 2. The minimum absolute atomic E-state index is 0.0777. The number of anilines is 4. The monoisotopic (exact) mass is 857 g/mol. The molecule has 8 rings (SSSR count). The molecular weight excluding hydrogens is 806 g/mol. The number of hydrogen-bond acceptors (Lipinski definition) is 13. The van der Waals surface area contributed by atoms with Gasteiger partial charge in [0.1, 0.15) is 17.6 Å². The summed E-state index contributed by atoms with van der Waals surface area (Å²) in [4.78, 5) is 78.6. The van der Waals surface area contributed by atoms with Gasteiger partial charge in [0.2, 0.25) is 17.8 Å². The van der Waals surface area contributed by atoms with E-state index >= 15 is 0 Å². The van der Waals surface area contributed by atoms with Gasteiger partial charge in [0.05, 0.1) is 16.8 Å². The smallest absolute Gasteiger partial charge is 0.273 e. The second-order valence-electron chi connectivity index (χ2n) is 17.7. The second kappa shape index (κ2) is 17.2. The van der Waals surface area contributed by atoms with Crippen LogP contribution in [0.15, 0.2) is 72.7 Å². The molecule has 17 heteroatoms. The first-order chi connectivity index (χ1) is 30.0. The topological polar surface area (TPSA) is 212 Å². The van der Waals surface area contributed by atoms with Crippen LogP contribution in [0.25, 0.3) is 11.3 Å². The molecule has 1 aromatic heterocycles. The largest absolute Gasteiger partial charge is 0.393 e. The van der Waals surface area contributed by atoms with Crippen LogP contribution in [0.3, 0.4) is 0 Å². The summed E-state index contributed by atoms with van der Waals surface area (Å²) in [5.41, 5.74) is 12.0. The number of halogens is 1. The van der Waals surface area contributed by atoms with Crippen molar-refractivity contribution in [1.29, 1.82) is 0 Å². The van der Waals surface area contributed by atoms with Gasteiger partial charge in [-0.2, -0.15) is 0 Å². The highest BCUT2D eigenvalue weighted by Crippen LogP contribution is 2.34. The molecule has 16 nitrogen and oxygen atoms in total. The minimum Gasteiger partial charge on any atom is -0.393 e. The van der Waals surface area contributed by atoms with Crippen molar-refractivity contribution in [2.45, 2.75) is 77.9 Å². The van der Waals surface area contributed by atoms with Gasteiger partial charge in [-0.3, -0.25) is 39.1 Å². The Morgan fingerprint density at radius 3 is 2.44 bits per heavy atom. The summed E-state index contributed by atoms with van der Waals surface area (Å²) in [6.07, 6.45) is 6.01. The molecule has 2 fully saturated rings. The van der Waals surface area contributed by atoms with Crippen molar-refractivity contribution < 1.29 is 28.4 Å². The molecule has 4 aliphatic rings. The molecule has 4 aliphatic heterocycles. The molecule has 7 N–H and O–H groups in total. The Hall–Kier alpha value is -6.72. The standard InChI is InChI=1S/C46H52FN11O5/c1-26-34(20-30(47)21-38(26)52-41(60)36(48)25-57(49)46(2,3)4)37-11-15-50-45(53-37)51-31-6-5-28-14-16-55(24-29(28)19-31)23-27-12-17-56(18-13-27)32-7-8-33-35(22-32)44(63)58(43(33)62)39-9-10-40(59)54-42(39)61/h5-8,11,15,19-22,25,27,39H,9-10,12-14,16-18,23-24,48-49H2,1-4H3,(H,52,60)(H,50,51,53)(H,54,59,61)/b36-25-. The van der Waals surface area contributed by atoms with Crippen molar-refractivity contribution in [2.24, 2.45) is 17.5 Å². The number of imide groups is 2. The third-order valence-electron chi connectivity index (χ3n) is 12.3. The van der Waals surface area contributed by atoms with Gasteiger partial charge < -0.3 is 26.3 Å². The first kappa shape index (κ1) is 42.9. The first-order valence-electron chi connectivity index (χ1n) is 21.2. The van der Waals surface area contributed by atoms with E-state index < -0.39 is 46.9 Å². The number of hydrogen-bond donors (Lipinski definition) is 5. The number of nitrogens with two attached hydrogens (primary N) is 2. The number of rotatable bonds is 10. The zero-order chi connectivity index (χ0) is 44.7. The molecule has 2 saturated heterocycles. The van der Waals surface area contributed by atoms with E-state index in [4.69, 9.17) is 16.6 Å². The van der Waals surface area contributed by atoms with E-state index in [0.29, 0.717) is 34.3 Å². The quantitative estimate of drug-likeness (QED) is 0.0633. The van der Waals surface area contributed by atoms with E-state index in [1.165, 1.54) is 34.5 Å². The summed E-state index contributed by atoms with van der Waals surface area (Å²) in [6.45, 7) is 11.7. The first-order valence-corrected chi connectivity index (χ1v) is 21.2.